The number of hydrogen-bond acceptors (Lipinski definition) is 14. The highest BCUT2D eigenvalue weighted by Gasteiger charge is 2.56. The summed E-state index contributed by atoms with van der Waals surface area (Å²) in [4.78, 5) is 62.7. The van der Waals surface area contributed by atoms with E-state index in [2.05, 4.69) is 52.3 Å². The number of amides is 4. The van der Waals surface area contributed by atoms with Gasteiger partial charge in [0, 0.05) is 111 Å². The highest BCUT2D eigenvalue weighted by Crippen LogP contribution is 2.42. The average molecular weight is 1250 g/mol. The smallest absolute Gasteiger partial charge is 0.410 e. The number of aliphatic hydroxyl groups excluding tert-OH is 1. The molecule has 2 unspecified atom stereocenters. The van der Waals surface area contributed by atoms with Crippen LogP contribution >= 0.6 is 0 Å². The van der Waals surface area contributed by atoms with Gasteiger partial charge in [-0.2, -0.15) is 40.2 Å². The normalized spacial score (nSPS) is 18.2. The van der Waals surface area contributed by atoms with E-state index in [9.17, 15) is 59.4 Å². The van der Waals surface area contributed by atoms with Crippen LogP contribution in [-0.4, -0.2) is 173 Å². The van der Waals surface area contributed by atoms with Gasteiger partial charge in [0.1, 0.15) is 29.1 Å². The van der Waals surface area contributed by atoms with Crippen molar-refractivity contribution in [2.75, 3.05) is 64.9 Å². The van der Waals surface area contributed by atoms with Crippen LogP contribution in [0.5, 0.6) is 0 Å². The first-order valence-electron chi connectivity index (χ1n) is 28.2. The summed E-state index contributed by atoms with van der Waals surface area (Å²) in [7, 11) is 1.73. The number of fused-ring (bicyclic) bond motifs is 2. The average Bonchev–Trinajstić information content (AvgIpc) is 2.00. The van der Waals surface area contributed by atoms with Crippen LogP contribution in [0.15, 0.2) is 67.1 Å². The summed E-state index contributed by atoms with van der Waals surface area (Å²) < 4.78 is 161. The number of pyridine rings is 1. The molecule has 3 aliphatic heterocycles. The molecule has 3 fully saturated rings. The van der Waals surface area contributed by atoms with Crippen molar-refractivity contribution < 1.29 is 82.4 Å². The summed E-state index contributed by atoms with van der Waals surface area (Å²) in [6.45, 7) is 6.22. The van der Waals surface area contributed by atoms with Gasteiger partial charge in [-0.15, -0.1) is 0 Å². The number of halogens is 10. The van der Waals surface area contributed by atoms with Crippen LogP contribution in [-0.2, 0) is 32.0 Å². The number of carbonyl (C=O) groups is 4. The third kappa shape index (κ3) is 16.8. The van der Waals surface area contributed by atoms with Gasteiger partial charge in [0.15, 0.2) is 0 Å². The highest BCUT2D eigenvalue weighted by atomic mass is 19.4. The van der Waals surface area contributed by atoms with Crippen molar-refractivity contribution in [1.82, 2.24) is 50.9 Å². The Morgan fingerprint density at radius 3 is 1.89 bits per heavy atom. The Labute approximate surface area is 502 Å². The van der Waals surface area contributed by atoms with Crippen LogP contribution in [0.1, 0.15) is 90.1 Å². The van der Waals surface area contributed by atoms with Crippen molar-refractivity contribution in [1.29, 1.82) is 0 Å². The van der Waals surface area contributed by atoms with Crippen molar-refractivity contribution in [2.24, 2.45) is 16.7 Å². The predicted octanol–water partition coefficient (Wildman–Crippen LogP) is 8.56. The maximum atomic E-state index is 16.1. The molecule has 0 spiro atoms. The summed E-state index contributed by atoms with van der Waals surface area (Å²) in [5.74, 6) is 2.97. The number of alkyl halides is 8. The summed E-state index contributed by atoms with van der Waals surface area (Å²) in [6.07, 6.45) is -9.88. The van der Waals surface area contributed by atoms with Gasteiger partial charge in [-0.1, -0.05) is 24.0 Å². The highest BCUT2D eigenvalue weighted by molar-refractivity contribution is 5.86. The Morgan fingerprint density at radius 2 is 1.35 bits per heavy atom. The first kappa shape index (κ1) is 68.1. The van der Waals surface area contributed by atoms with E-state index < -0.39 is 114 Å². The van der Waals surface area contributed by atoms with Gasteiger partial charge in [-0.3, -0.25) is 15.1 Å². The van der Waals surface area contributed by atoms with Gasteiger partial charge in [0.25, 0.3) is 5.91 Å². The van der Waals surface area contributed by atoms with Crippen LogP contribution in [0.3, 0.4) is 0 Å². The van der Waals surface area contributed by atoms with E-state index in [1.165, 1.54) is 0 Å². The molecule has 3 saturated heterocycles. The van der Waals surface area contributed by atoms with E-state index in [1.54, 1.807) is 35.4 Å². The number of hydrazine groups is 1. The number of aliphatic hydroxyl groups is 1. The molecule has 19 nitrogen and oxygen atoms in total. The molecular weight excluding hydrogens is 1180 g/mol. The van der Waals surface area contributed by atoms with Gasteiger partial charge in [-0.05, 0) is 115 Å². The number of piperazine rings is 1. The van der Waals surface area contributed by atoms with Crippen LogP contribution in [0, 0.1) is 40.2 Å². The lowest BCUT2D eigenvalue weighted by Crippen LogP contribution is -2.62. The molecule has 0 radical (unpaired) electrons. The van der Waals surface area contributed by atoms with Crippen molar-refractivity contribution in [3.05, 3.63) is 101 Å². The lowest BCUT2D eigenvalue weighted by Gasteiger charge is -2.46. The number of carbonyl (C=O) groups excluding carboxylic acids is 4. The Bertz CT molecular complexity index is 3110. The van der Waals surface area contributed by atoms with Crippen LogP contribution in [0.2, 0.25) is 0 Å². The quantitative estimate of drug-likeness (QED) is 0.0229. The van der Waals surface area contributed by atoms with E-state index in [4.69, 9.17) is 9.72 Å². The van der Waals surface area contributed by atoms with Crippen molar-refractivity contribution in [2.45, 2.75) is 135 Å². The molecule has 2 aromatic heterocycles. The lowest BCUT2D eigenvalue weighted by atomic mass is 9.83. The SMILES string of the molecule is COC(=O)N[C@H](C(=O)NN(Cc1c(F)cc(-c2cnn(C(F)F)c2)cc1F)C[C@H](O)[C@H](Cc1ccc(C#Cc2ccc(N3CC4CCC(C3)N4CC3CN(C(=O)OC(C)(C)C)C3)nc2)cc1)NC[C@@H](NC(=O)OC)C(C)(C)C(F)(F)F)C(C)(C)C(F)(F)F. The maximum Gasteiger partial charge on any atom is 0.410 e. The van der Waals surface area contributed by atoms with Gasteiger partial charge in [0.05, 0.1) is 43.4 Å². The summed E-state index contributed by atoms with van der Waals surface area (Å²) >= 11 is 0. The van der Waals surface area contributed by atoms with E-state index >= 15 is 8.78 Å². The van der Waals surface area contributed by atoms with E-state index in [-0.39, 0.29) is 28.3 Å². The topological polar surface area (TPSA) is 208 Å². The largest absolute Gasteiger partial charge is 0.453 e. The zero-order valence-corrected chi connectivity index (χ0v) is 50.0. The third-order valence-corrected chi connectivity index (χ3v) is 16.1. The Morgan fingerprint density at radius 1 is 0.773 bits per heavy atom. The zero-order valence-electron chi connectivity index (χ0n) is 50.0. The molecule has 2 aromatic carbocycles. The Balaban J connectivity index is 1.11. The zero-order chi connectivity index (χ0) is 64.8. The fourth-order valence-corrected chi connectivity index (χ4v) is 10.5. The molecule has 5 heterocycles. The van der Waals surface area contributed by atoms with Crippen LogP contribution in [0.25, 0.3) is 11.1 Å². The van der Waals surface area contributed by atoms with Crippen molar-refractivity contribution >= 4 is 30.0 Å². The molecule has 3 aliphatic rings. The van der Waals surface area contributed by atoms with Gasteiger partial charge < -0.3 is 45.1 Å². The second kappa shape index (κ2) is 27.5. The second-order valence-electron chi connectivity index (χ2n) is 24.3. The predicted molar refractivity (Wildman–Crippen MR) is 301 cm³/mol. The molecule has 5 N–H and O–H groups in total. The molecule has 4 amide bonds. The minimum Gasteiger partial charge on any atom is -0.453 e. The number of hydrogen-bond donors (Lipinski definition) is 5. The molecule has 0 saturated carbocycles. The molecule has 6 atom stereocenters. The number of nitrogens with one attached hydrogen (secondary N) is 4. The number of ether oxygens (including phenoxy) is 3. The molecule has 2 bridgehead atoms. The molecule has 29 heteroatoms. The summed E-state index contributed by atoms with van der Waals surface area (Å²) in [6, 6.07) is 6.57. The molecule has 4 aromatic rings. The van der Waals surface area contributed by atoms with Gasteiger partial charge in [0.2, 0.25) is 0 Å². The van der Waals surface area contributed by atoms with E-state index in [1.807, 2.05) is 38.2 Å². The number of alkyl carbamates (subject to hydrolysis) is 2. The van der Waals surface area contributed by atoms with Crippen molar-refractivity contribution in [3.8, 4) is 23.0 Å². The summed E-state index contributed by atoms with van der Waals surface area (Å²) in [5, 5.41) is 23.0. The monoisotopic (exact) mass is 1250 g/mol. The van der Waals surface area contributed by atoms with Crippen LogP contribution in [0.4, 0.5) is 64.1 Å². The number of aromatic nitrogens is 3. The molecule has 7 rings (SSSR count). The van der Waals surface area contributed by atoms with Gasteiger partial charge >= 0.3 is 37.2 Å². The minimum absolute atomic E-state index is 0.147. The van der Waals surface area contributed by atoms with Crippen molar-refractivity contribution in [3.63, 3.8) is 0 Å². The number of anilines is 1. The molecule has 482 valence electrons. The van der Waals surface area contributed by atoms with Gasteiger partial charge in [-0.25, -0.2) is 37.8 Å². The number of methoxy groups -OCH3 is 2. The number of likely N-dealkylation sites (tertiary alicyclic amines) is 1. The second-order valence-corrected chi connectivity index (χ2v) is 24.3. The minimum atomic E-state index is -5.20. The first-order valence-corrected chi connectivity index (χ1v) is 28.2. The number of nitrogens with zero attached hydrogens (tertiary/aromatic N) is 7. The lowest BCUT2D eigenvalue weighted by molar-refractivity contribution is -0.221. The number of rotatable bonds is 21. The molecule has 88 heavy (non-hydrogen) atoms. The third-order valence-electron chi connectivity index (χ3n) is 16.1. The van der Waals surface area contributed by atoms with E-state index in [0.717, 1.165) is 90.9 Å². The first-order chi connectivity index (χ1) is 41.1. The Hall–Kier alpha value is -7.42. The molecule has 0 aliphatic carbocycles. The summed E-state index contributed by atoms with van der Waals surface area (Å²) in [5.41, 5.74) is -3.97. The molecular formula is C59H73F10N11O8. The number of benzene rings is 2. The standard InChI is InChI=1S/C59H73F10N11O8/c1-55(2,3)88-54(85)77-26-37(27-77)28-79-40-17-18-41(79)31-76(30-40)48-19-16-36(23-71-48)15-12-34-10-13-35(14-11-34)20-45(70-25-47(73-52(83)86-8)56(4,5)58(64,65)66)46(81)33-78(75-50(82)49(74-53(84)87-9)57(6,7)59(67,68)69)32-42-43(60)21-38(22-44(42)61)39-24-72-80(29-39)51(62)63/h10-11,13-14,16,19,21-24,29,37,40-41,45-47,49,51,70,81H,17-18,20,25-28,30-33H2,1-9H3,(H,73,83)(H,74,84)(H,75,82)/t40?,41?,45-,46-,47+,49+/m0/s1. The fourth-order valence-electron chi connectivity index (χ4n) is 10.5. The fraction of sp³-hybridized carbons (Fsp3) is 0.559. The van der Waals surface area contributed by atoms with E-state index in [0.29, 0.717) is 66.6 Å². The van der Waals surface area contributed by atoms with Crippen LogP contribution < -0.4 is 26.3 Å². The maximum absolute atomic E-state index is 16.1. The Kier molecular flexibility index (Phi) is 21.3.